The first kappa shape index (κ1) is 19.5. The lowest BCUT2D eigenvalue weighted by Crippen LogP contribution is -2.06. The summed E-state index contributed by atoms with van der Waals surface area (Å²) in [5, 5.41) is 9.28. The highest BCUT2D eigenvalue weighted by molar-refractivity contribution is 5.91. The molecule has 0 heterocycles. The van der Waals surface area contributed by atoms with Crippen LogP contribution >= 0.6 is 0 Å². The molecule has 23 heavy (non-hydrogen) atoms. The summed E-state index contributed by atoms with van der Waals surface area (Å²) >= 11 is 0. The fraction of sp³-hybridized carbons (Fsp3) is 0.650. The van der Waals surface area contributed by atoms with Crippen LogP contribution < -0.4 is 4.74 Å². The predicted molar refractivity (Wildman–Crippen MR) is 95.6 cm³/mol. The Kier molecular flexibility index (Phi) is 9.42. The van der Waals surface area contributed by atoms with Gasteiger partial charge < -0.3 is 9.84 Å². The van der Waals surface area contributed by atoms with E-state index in [4.69, 9.17) is 4.74 Å². The lowest BCUT2D eigenvalue weighted by atomic mass is 9.99. The van der Waals surface area contributed by atoms with E-state index in [1.165, 1.54) is 44.9 Å². The minimum absolute atomic E-state index is 0.423. The second-order valence-corrected chi connectivity index (χ2v) is 6.26. The first-order chi connectivity index (χ1) is 11.1. The summed E-state index contributed by atoms with van der Waals surface area (Å²) in [5.74, 6) is -0.0544. The number of carbonyl (C=O) groups is 1. The monoisotopic (exact) mass is 320 g/mol. The number of benzene rings is 1. The van der Waals surface area contributed by atoms with Gasteiger partial charge in [0.1, 0.15) is 5.75 Å². The van der Waals surface area contributed by atoms with Crippen LogP contribution in [0.25, 0.3) is 0 Å². The Bertz CT molecular complexity index is 480. The van der Waals surface area contributed by atoms with Crippen LogP contribution in [0.4, 0.5) is 0 Å². The van der Waals surface area contributed by atoms with E-state index in [2.05, 4.69) is 6.92 Å². The zero-order valence-corrected chi connectivity index (χ0v) is 15.0. The maximum absolute atomic E-state index is 11.3. The van der Waals surface area contributed by atoms with Gasteiger partial charge in [-0.25, -0.2) is 4.79 Å². The van der Waals surface area contributed by atoms with Crippen LogP contribution in [-0.2, 0) is 6.42 Å². The highest BCUT2D eigenvalue weighted by Crippen LogP contribution is 2.23. The van der Waals surface area contributed by atoms with E-state index >= 15 is 0 Å². The number of carboxylic acid groups (broad SMARTS) is 1. The molecule has 0 spiro atoms. The second kappa shape index (κ2) is 11.1. The maximum atomic E-state index is 11.3. The van der Waals surface area contributed by atoms with Gasteiger partial charge in [-0.15, -0.1) is 0 Å². The van der Waals surface area contributed by atoms with Gasteiger partial charge in [0, 0.05) is 0 Å². The summed E-state index contributed by atoms with van der Waals surface area (Å²) in [6.45, 7) is 6.77. The number of aromatic carboxylic acids is 1. The summed E-state index contributed by atoms with van der Waals surface area (Å²) in [4.78, 5) is 11.3. The fourth-order valence-corrected chi connectivity index (χ4v) is 2.92. The van der Waals surface area contributed by atoms with Crippen molar-refractivity contribution in [2.75, 3.05) is 6.61 Å². The molecule has 0 saturated heterocycles. The first-order valence-corrected chi connectivity index (χ1v) is 9.09. The molecule has 1 aromatic carbocycles. The molecular formula is C20H32O3. The summed E-state index contributed by atoms with van der Waals surface area (Å²) in [6.07, 6.45) is 11.0. The SMILES string of the molecule is CCCCCCCCCCOc1cc(C)c(C(=O)O)c(CC)c1. The Morgan fingerprint density at radius 2 is 1.61 bits per heavy atom. The smallest absolute Gasteiger partial charge is 0.336 e. The van der Waals surface area contributed by atoms with Gasteiger partial charge in [0.2, 0.25) is 0 Å². The number of rotatable bonds is 12. The number of unbranched alkanes of at least 4 members (excludes halogenated alkanes) is 7. The average Bonchev–Trinajstić information content (AvgIpc) is 2.52. The molecule has 0 amide bonds. The van der Waals surface area contributed by atoms with Crippen molar-refractivity contribution in [3.63, 3.8) is 0 Å². The largest absolute Gasteiger partial charge is 0.494 e. The van der Waals surface area contributed by atoms with Gasteiger partial charge in [0.05, 0.1) is 12.2 Å². The lowest BCUT2D eigenvalue weighted by molar-refractivity contribution is 0.0695. The van der Waals surface area contributed by atoms with E-state index < -0.39 is 5.97 Å². The second-order valence-electron chi connectivity index (χ2n) is 6.26. The maximum Gasteiger partial charge on any atom is 0.336 e. The summed E-state index contributed by atoms with van der Waals surface area (Å²) < 4.78 is 5.82. The number of hydrogen-bond acceptors (Lipinski definition) is 2. The first-order valence-electron chi connectivity index (χ1n) is 9.09. The topological polar surface area (TPSA) is 46.5 Å². The summed E-state index contributed by atoms with van der Waals surface area (Å²) in [6, 6.07) is 3.72. The molecule has 0 bridgehead atoms. The lowest BCUT2D eigenvalue weighted by Gasteiger charge is -2.12. The zero-order chi connectivity index (χ0) is 17.1. The van der Waals surface area contributed by atoms with Gasteiger partial charge in [-0.3, -0.25) is 0 Å². The van der Waals surface area contributed by atoms with Crippen LogP contribution in [-0.4, -0.2) is 17.7 Å². The third kappa shape index (κ3) is 7.06. The van der Waals surface area contributed by atoms with E-state index in [1.54, 1.807) is 0 Å². The van der Waals surface area contributed by atoms with E-state index in [9.17, 15) is 9.90 Å². The summed E-state index contributed by atoms with van der Waals surface area (Å²) in [7, 11) is 0. The standard InChI is InChI=1S/C20H32O3/c1-4-6-7-8-9-10-11-12-13-23-18-14-16(3)19(20(21)22)17(5-2)15-18/h14-15H,4-13H2,1-3H3,(H,21,22). The van der Waals surface area contributed by atoms with Gasteiger partial charge in [-0.05, 0) is 43.0 Å². The van der Waals surface area contributed by atoms with Gasteiger partial charge in [0.25, 0.3) is 0 Å². The fourth-order valence-electron chi connectivity index (χ4n) is 2.92. The molecule has 0 aliphatic rings. The molecule has 0 saturated carbocycles. The molecular weight excluding hydrogens is 288 g/mol. The third-order valence-corrected chi connectivity index (χ3v) is 4.25. The normalized spacial score (nSPS) is 10.7. The van der Waals surface area contributed by atoms with Crippen LogP contribution in [0, 0.1) is 6.92 Å². The van der Waals surface area contributed by atoms with Crippen LogP contribution in [0.1, 0.15) is 86.7 Å². The zero-order valence-electron chi connectivity index (χ0n) is 15.0. The minimum atomic E-state index is -0.853. The van der Waals surface area contributed by atoms with Gasteiger partial charge in [-0.1, -0.05) is 58.8 Å². The van der Waals surface area contributed by atoms with Gasteiger partial charge in [0.15, 0.2) is 0 Å². The quantitative estimate of drug-likeness (QED) is 0.497. The Morgan fingerprint density at radius 3 is 2.17 bits per heavy atom. The molecule has 130 valence electrons. The number of hydrogen-bond donors (Lipinski definition) is 1. The molecule has 0 atom stereocenters. The van der Waals surface area contributed by atoms with Crippen molar-refractivity contribution in [3.8, 4) is 5.75 Å². The van der Waals surface area contributed by atoms with E-state index in [1.807, 2.05) is 26.0 Å². The van der Waals surface area contributed by atoms with Crippen molar-refractivity contribution in [2.45, 2.75) is 78.6 Å². The molecule has 1 N–H and O–H groups in total. The van der Waals surface area contributed by atoms with Crippen molar-refractivity contribution in [1.29, 1.82) is 0 Å². The molecule has 3 heteroatoms. The summed E-state index contributed by atoms with van der Waals surface area (Å²) in [5.41, 5.74) is 2.05. The average molecular weight is 320 g/mol. The molecule has 3 nitrogen and oxygen atoms in total. The van der Waals surface area contributed by atoms with E-state index in [0.717, 1.165) is 23.3 Å². The predicted octanol–water partition coefficient (Wildman–Crippen LogP) is 5.78. The van der Waals surface area contributed by atoms with Crippen LogP contribution in [0.3, 0.4) is 0 Å². The third-order valence-electron chi connectivity index (χ3n) is 4.25. The van der Waals surface area contributed by atoms with Crippen molar-refractivity contribution < 1.29 is 14.6 Å². The molecule has 0 aromatic heterocycles. The molecule has 0 aliphatic heterocycles. The Balaban J connectivity index is 2.33. The minimum Gasteiger partial charge on any atom is -0.494 e. The number of carboxylic acids is 1. The highest BCUT2D eigenvalue weighted by Gasteiger charge is 2.14. The van der Waals surface area contributed by atoms with Crippen LogP contribution in [0.2, 0.25) is 0 Å². The molecule has 0 unspecified atom stereocenters. The van der Waals surface area contributed by atoms with Crippen molar-refractivity contribution >= 4 is 5.97 Å². The highest BCUT2D eigenvalue weighted by atomic mass is 16.5. The molecule has 0 aliphatic carbocycles. The van der Waals surface area contributed by atoms with E-state index in [-0.39, 0.29) is 0 Å². The number of aryl methyl sites for hydroxylation is 2. The number of ether oxygens (including phenoxy) is 1. The molecule has 1 aromatic rings. The van der Waals surface area contributed by atoms with Gasteiger partial charge >= 0.3 is 5.97 Å². The van der Waals surface area contributed by atoms with Gasteiger partial charge in [-0.2, -0.15) is 0 Å². The van der Waals surface area contributed by atoms with Crippen LogP contribution in [0.5, 0.6) is 5.75 Å². The Labute approximate surface area is 141 Å². The van der Waals surface area contributed by atoms with Crippen molar-refractivity contribution in [2.24, 2.45) is 0 Å². The molecule has 0 radical (unpaired) electrons. The molecule has 1 rings (SSSR count). The van der Waals surface area contributed by atoms with Crippen molar-refractivity contribution in [1.82, 2.24) is 0 Å². The van der Waals surface area contributed by atoms with E-state index in [0.29, 0.717) is 18.6 Å². The molecule has 0 fully saturated rings. The Hall–Kier alpha value is -1.51. The van der Waals surface area contributed by atoms with Crippen molar-refractivity contribution in [3.05, 3.63) is 28.8 Å². The Morgan fingerprint density at radius 1 is 1.00 bits per heavy atom. The van der Waals surface area contributed by atoms with Crippen LogP contribution in [0.15, 0.2) is 12.1 Å².